The molecule has 1 fully saturated rings. The van der Waals surface area contributed by atoms with E-state index in [0.717, 1.165) is 6.42 Å². The second kappa shape index (κ2) is 5.44. The largest absolute Gasteiger partial charge is 0.508 e. The first-order valence-corrected chi connectivity index (χ1v) is 7.76. The van der Waals surface area contributed by atoms with Gasteiger partial charge in [0.15, 0.2) is 0 Å². The Balaban J connectivity index is 1.97. The van der Waals surface area contributed by atoms with Crippen LogP contribution in [0.3, 0.4) is 0 Å². The smallest absolute Gasteiger partial charge is 0.115 e. The van der Waals surface area contributed by atoms with Crippen molar-refractivity contribution >= 4 is 0 Å². The molecule has 2 nitrogen and oxygen atoms in total. The molecule has 2 aromatic rings. The van der Waals surface area contributed by atoms with Crippen molar-refractivity contribution in [3.63, 3.8) is 0 Å². The van der Waals surface area contributed by atoms with Crippen molar-refractivity contribution in [1.82, 2.24) is 0 Å². The third kappa shape index (κ3) is 2.51. The van der Waals surface area contributed by atoms with Crippen LogP contribution in [0.25, 0.3) is 0 Å². The SMILES string of the molecule is CCCCC1CC1(c1ccc(O)cc1)c1ccc(O)cc1. The molecule has 21 heavy (non-hydrogen) atoms. The van der Waals surface area contributed by atoms with Gasteiger partial charge in [0.2, 0.25) is 0 Å². The molecule has 1 atom stereocenters. The van der Waals surface area contributed by atoms with Gasteiger partial charge in [-0.2, -0.15) is 0 Å². The van der Waals surface area contributed by atoms with Crippen LogP contribution in [0.2, 0.25) is 0 Å². The van der Waals surface area contributed by atoms with Crippen LogP contribution in [0.15, 0.2) is 48.5 Å². The number of unbranched alkanes of at least 4 members (excludes halogenated alkanes) is 1. The van der Waals surface area contributed by atoms with E-state index in [2.05, 4.69) is 6.92 Å². The van der Waals surface area contributed by atoms with Crippen LogP contribution in [0.1, 0.15) is 43.7 Å². The third-order valence-corrected chi connectivity index (χ3v) is 4.78. The zero-order valence-corrected chi connectivity index (χ0v) is 12.4. The quantitative estimate of drug-likeness (QED) is 0.841. The van der Waals surface area contributed by atoms with Crippen LogP contribution in [-0.2, 0) is 5.41 Å². The summed E-state index contributed by atoms with van der Waals surface area (Å²) < 4.78 is 0. The Morgan fingerprint density at radius 3 is 1.81 bits per heavy atom. The van der Waals surface area contributed by atoms with Crippen LogP contribution in [-0.4, -0.2) is 10.2 Å². The van der Waals surface area contributed by atoms with Gasteiger partial charge in [0.25, 0.3) is 0 Å². The second-order valence-corrected chi connectivity index (χ2v) is 6.11. The average Bonchev–Trinajstić information content (AvgIpc) is 3.22. The number of hydrogen-bond donors (Lipinski definition) is 2. The van der Waals surface area contributed by atoms with Crippen molar-refractivity contribution in [2.24, 2.45) is 5.92 Å². The molecular weight excluding hydrogens is 260 g/mol. The molecule has 3 rings (SSSR count). The summed E-state index contributed by atoms with van der Waals surface area (Å²) >= 11 is 0. The Hall–Kier alpha value is -1.96. The summed E-state index contributed by atoms with van der Waals surface area (Å²) in [4.78, 5) is 0. The lowest BCUT2D eigenvalue weighted by Gasteiger charge is -2.19. The van der Waals surface area contributed by atoms with Gasteiger partial charge in [-0.3, -0.25) is 0 Å². The van der Waals surface area contributed by atoms with Crippen LogP contribution in [0, 0.1) is 5.92 Å². The first kappa shape index (κ1) is 14.0. The number of rotatable bonds is 5. The lowest BCUT2D eigenvalue weighted by molar-refractivity contribution is 0.474. The Bertz CT molecular complexity index is 553. The molecule has 1 aliphatic rings. The monoisotopic (exact) mass is 282 g/mol. The van der Waals surface area contributed by atoms with Crippen molar-refractivity contribution in [2.75, 3.05) is 0 Å². The lowest BCUT2D eigenvalue weighted by Crippen LogP contribution is -2.12. The minimum absolute atomic E-state index is 0.0660. The molecule has 0 radical (unpaired) electrons. The minimum Gasteiger partial charge on any atom is -0.508 e. The number of aromatic hydroxyl groups is 2. The summed E-state index contributed by atoms with van der Waals surface area (Å²) in [5.41, 5.74) is 2.61. The van der Waals surface area contributed by atoms with Gasteiger partial charge < -0.3 is 10.2 Å². The highest BCUT2D eigenvalue weighted by atomic mass is 16.3. The van der Waals surface area contributed by atoms with E-state index in [-0.39, 0.29) is 5.41 Å². The maximum atomic E-state index is 9.52. The standard InChI is InChI=1S/C19H22O2/c1-2-3-4-16-13-19(16,14-5-9-17(20)10-6-14)15-7-11-18(21)12-8-15/h5-12,16,20-21H,2-4,13H2,1H3. The summed E-state index contributed by atoms with van der Waals surface area (Å²) in [7, 11) is 0. The zero-order valence-electron chi connectivity index (χ0n) is 12.4. The number of hydrogen-bond acceptors (Lipinski definition) is 2. The lowest BCUT2D eigenvalue weighted by atomic mass is 9.84. The molecule has 0 bridgehead atoms. The predicted octanol–water partition coefficient (Wildman–Crippen LogP) is 4.59. The van der Waals surface area contributed by atoms with Crippen LogP contribution in [0.4, 0.5) is 0 Å². The van der Waals surface area contributed by atoms with Crippen molar-refractivity contribution in [1.29, 1.82) is 0 Å². The molecule has 1 aliphatic carbocycles. The van der Waals surface area contributed by atoms with Crippen LogP contribution >= 0.6 is 0 Å². The Morgan fingerprint density at radius 1 is 0.905 bits per heavy atom. The predicted molar refractivity (Wildman–Crippen MR) is 84.6 cm³/mol. The fourth-order valence-corrected chi connectivity index (χ4v) is 3.52. The van der Waals surface area contributed by atoms with Gasteiger partial charge in [-0.1, -0.05) is 44.0 Å². The molecule has 2 aromatic carbocycles. The zero-order chi connectivity index (χ0) is 14.9. The molecule has 110 valence electrons. The van der Waals surface area contributed by atoms with Gasteiger partial charge in [0, 0.05) is 5.41 Å². The maximum Gasteiger partial charge on any atom is 0.115 e. The first-order chi connectivity index (χ1) is 10.2. The van der Waals surface area contributed by atoms with E-state index in [1.165, 1.54) is 30.4 Å². The van der Waals surface area contributed by atoms with E-state index in [1.54, 1.807) is 24.3 Å². The Labute approximate surface area is 126 Å². The highest BCUT2D eigenvalue weighted by molar-refractivity contribution is 5.49. The van der Waals surface area contributed by atoms with Gasteiger partial charge in [-0.25, -0.2) is 0 Å². The molecule has 0 aliphatic heterocycles. The topological polar surface area (TPSA) is 40.5 Å². The van der Waals surface area contributed by atoms with Crippen LogP contribution in [0.5, 0.6) is 11.5 Å². The molecule has 2 heteroatoms. The van der Waals surface area contributed by atoms with E-state index in [1.807, 2.05) is 24.3 Å². The average molecular weight is 282 g/mol. The molecule has 0 heterocycles. The molecule has 0 spiro atoms. The molecule has 0 amide bonds. The minimum atomic E-state index is 0.0660. The van der Waals surface area contributed by atoms with Crippen molar-refractivity contribution in [3.05, 3.63) is 59.7 Å². The maximum absolute atomic E-state index is 9.52. The highest BCUT2D eigenvalue weighted by Gasteiger charge is 2.55. The highest BCUT2D eigenvalue weighted by Crippen LogP contribution is 2.61. The van der Waals surface area contributed by atoms with E-state index in [4.69, 9.17) is 0 Å². The van der Waals surface area contributed by atoms with Gasteiger partial charge in [-0.15, -0.1) is 0 Å². The third-order valence-electron chi connectivity index (χ3n) is 4.78. The number of phenolic OH excluding ortho intramolecular Hbond substituents is 2. The van der Waals surface area contributed by atoms with Gasteiger partial charge in [0.05, 0.1) is 0 Å². The van der Waals surface area contributed by atoms with Gasteiger partial charge >= 0.3 is 0 Å². The number of benzene rings is 2. The second-order valence-electron chi connectivity index (χ2n) is 6.11. The summed E-state index contributed by atoms with van der Waals surface area (Å²) in [6.07, 6.45) is 4.86. The van der Waals surface area contributed by atoms with Gasteiger partial charge in [-0.05, 0) is 54.2 Å². The summed E-state index contributed by atoms with van der Waals surface area (Å²) in [6, 6.07) is 15.2. The number of phenols is 2. The van der Waals surface area contributed by atoms with E-state index >= 15 is 0 Å². The summed E-state index contributed by atoms with van der Waals surface area (Å²) in [6.45, 7) is 2.23. The van der Waals surface area contributed by atoms with Gasteiger partial charge in [0.1, 0.15) is 11.5 Å². The molecule has 0 saturated heterocycles. The van der Waals surface area contributed by atoms with Crippen molar-refractivity contribution < 1.29 is 10.2 Å². The first-order valence-electron chi connectivity index (χ1n) is 7.76. The molecule has 2 N–H and O–H groups in total. The summed E-state index contributed by atoms with van der Waals surface area (Å²) in [5, 5.41) is 19.0. The molecular formula is C19H22O2. The molecule has 1 saturated carbocycles. The van der Waals surface area contributed by atoms with E-state index in [9.17, 15) is 10.2 Å². The Morgan fingerprint density at radius 2 is 1.38 bits per heavy atom. The molecule has 1 unspecified atom stereocenters. The van der Waals surface area contributed by atoms with Crippen LogP contribution < -0.4 is 0 Å². The van der Waals surface area contributed by atoms with E-state index < -0.39 is 0 Å². The molecule has 0 aromatic heterocycles. The van der Waals surface area contributed by atoms with Crippen molar-refractivity contribution in [3.8, 4) is 11.5 Å². The normalized spacial score (nSPS) is 19.4. The Kier molecular flexibility index (Phi) is 3.62. The fraction of sp³-hybridized carbons (Fsp3) is 0.368. The fourth-order valence-electron chi connectivity index (χ4n) is 3.52. The van der Waals surface area contributed by atoms with E-state index in [0.29, 0.717) is 17.4 Å². The summed E-state index contributed by atoms with van der Waals surface area (Å²) in [5.74, 6) is 1.28. The van der Waals surface area contributed by atoms with Crippen molar-refractivity contribution in [2.45, 2.75) is 38.0 Å².